The van der Waals surface area contributed by atoms with E-state index in [1.807, 2.05) is 12.4 Å². The standard InChI is InChI=1S/C12H17N3S/c1-2-3-6-15-7-5-13-12(15)14-9-11-4-8-16-10-11/h4-5,7-8,10H,2-3,6,9H2,1H3,(H,13,14). The molecule has 1 N–H and O–H groups in total. The maximum absolute atomic E-state index is 4.32. The van der Waals surface area contributed by atoms with Crippen LogP contribution >= 0.6 is 11.3 Å². The number of unbranched alkanes of at least 4 members (excludes halogenated alkanes) is 1. The van der Waals surface area contributed by atoms with E-state index >= 15 is 0 Å². The van der Waals surface area contributed by atoms with Crippen LogP contribution in [-0.2, 0) is 13.1 Å². The lowest BCUT2D eigenvalue weighted by molar-refractivity contribution is 0.635. The first-order valence-electron chi connectivity index (χ1n) is 5.66. The molecule has 86 valence electrons. The molecule has 2 rings (SSSR count). The number of hydrogen-bond donors (Lipinski definition) is 1. The minimum atomic E-state index is 0.854. The van der Waals surface area contributed by atoms with Crippen LogP contribution in [0.25, 0.3) is 0 Å². The van der Waals surface area contributed by atoms with E-state index in [9.17, 15) is 0 Å². The third-order valence-corrected chi connectivity index (χ3v) is 3.23. The highest BCUT2D eigenvalue weighted by molar-refractivity contribution is 7.07. The molecule has 4 heteroatoms. The summed E-state index contributed by atoms with van der Waals surface area (Å²) >= 11 is 1.73. The van der Waals surface area contributed by atoms with Crippen LogP contribution in [-0.4, -0.2) is 9.55 Å². The summed E-state index contributed by atoms with van der Waals surface area (Å²) in [6, 6.07) is 2.14. The Balaban J connectivity index is 1.91. The zero-order chi connectivity index (χ0) is 11.2. The number of nitrogens with zero attached hydrogens (tertiary/aromatic N) is 2. The van der Waals surface area contributed by atoms with Gasteiger partial charge >= 0.3 is 0 Å². The molecule has 0 saturated heterocycles. The van der Waals surface area contributed by atoms with Crippen molar-refractivity contribution in [2.24, 2.45) is 0 Å². The van der Waals surface area contributed by atoms with Gasteiger partial charge in [0, 0.05) is 25.5 Å². The van der Waals surface area contributed by atoms with Crippen molar-refractivity contribution in [3.05, 3.63) is 34.8 Å². The molecule has 0 amide bonds. The first kappa shape index (κ1) is 11.2. The second-order valence-electron chi connectivity index (χ2n) is 3.78. The second-order valence-corrected chi connectivity index (χ2v) is 4.56. The van der Waals surface area contributed by atoms with Gasteiger partial charge in [0.25, 0.3) is 0 Å². The molecular weight excluding hydrogens is 218 g/mol. The van der Waals surface area contributed by atoms with E-state index in [1.54, 1.807) is 11.3 Å². The van der Waals surface area contributed by atoms with Crippen molar-refractivity contribution in [2.75, 3.05) is 5.32 Å². The highest BCUT2D eigenvalue weighted by atomic mass is 32.1. The van der Waals surface area contributed by atoms with Crippen LogP contribution in [0.5, 0.6) is 0 Å². The van der Waals surface area contributed by atoms with Crippen LogP contribution in [0.2, 0.25) is 0 Å². The van der Waals surface area contributed by atoms with Gasteiger partial charge < -0.3 is 9.88 Å². The highest BCUT2D eigenvalue weighted by Crippen LogP contribution is 2.10. The van der Waals surface area contributed by atoms with E-state index in [2.05, 4.69) is 38.6 Å². The quantitative estimate of drug-likeness (QED) is 0.832. The summed E-state index contributed by atoms with van der Waals surface area (Å²) in [5.74, 6) is 0.972. The molecule has 0 unspecified atom stereocenters. The van der Waals surface area contributed by atoms with Crippen molar-refractivity contribution in [2.45, 2.75) is 32.9 Å². The largest absolute Gasteiger partial charge is 0.352 e. The Morgan fingerprint density at radius 2 is 2.44 bits per heavy atom. The minimum absolute atomic E-state index is 0.854. The Morgan fingerprint density at radius 1 is 1.50 bits per heavy atom. The molecule has 3 nitrogen and oxygen atoms in total. The number of aryl methyl sites for hydroxylation is 1. The molecule has 0 fully saturated rings. The Bertz CT molecular complexity index is 406. The number of anilines is 1. The lowest BCUT2D eigenvalue weighted by atomic mass is 10.3. The average Bonchev–Trinajstić information content (AvgIpc) is 2.94. The van der Waals surface area contributed by atoms with Gasteiger partial charge in [0.15, 0.2) is 0 Å². The van der Waals surface area contributed by atoms with Gasteiger partial charge in [-0.2, -0.15) is 11.3 Å². The number of imidazole rings is 1. The van der Waals surface area contributed by atoms with Crippen molar-refractivity contribution in [3.63, 3.8) is 0 Å². The predicted octanol–water partition coefficient (Wildman–Crippen LogP) is 3.36. The van der Waals surface area contributed by atoms with Crippen LogP contribution in [0.4, 0.5) is 5.95 Å². The van der Waals surface area contributed by atoms with Crippen molar-refractivity contribution in [1.82, 2.24) is 9.55 Å². The molecule has 0 spiro atoms. The fraction of sp³-hybridized carbons (Fsp3) is 0.417. The molecule has 0 aliphatic carbocycles. The number of hydrogen-bond acceptors (Lipinski definition) is 3. The normalized spacial score (nSPS) is 10.6. The van der Waals surface area contributed by atoms with Gasteiger partial charge in [-0.05, 0) is 28.8 Å². The predicted molar refractivity (Wildman–Crippen MR) is 68.8 cm³/mol. The Morgan fingerprint density at radius 3 is 3.19 bits per heavy atom. The van der Waals surface area contributed by atoms with Gasteiger partial charge in [-0.1, -0.05) is 13.3 Å². The summed E-state index contributed by atoms with van der Waals surface area (Å²) in [4.78, 5) is 4.32. The van der Waals surface area contributed by atoms with Gasteiger partial charge in [0.05, 0.1) is 0 Å². The van der Waals surface area contributed by atoms with Crippen molar-refractivity contribution in [1.29, 1.82) is 0 Å². The number of nitrogens with one attached hydrogen (secondary N) is 1. The monoisotopic (exact) mass is 235 g/mol. The van der Waals surface area contributed by atoms with Crippen LogP contribution in [0.15, 0.2) is 29.2 Å². The zero-order valence-electron chi connectivity index (χ0n) is 9.52. The lowest BCUT2D eigenvalue weighted by Crippen LogP contribution is -2.06. The summed E-state index contributed by atoms with van der Waals surface area (Å²) in [6.07, 6.45) is 6.29. The molecule has 16 heavy (non-hydrogen) atoms. The fourth-order valence-corrected chi connectivity index (χ4v) is 2.23. The van der Waals surface area contributed by atoms with Gasteiger partial charge in [0.2, 0.25) is 5.95 Å². The van der Waals surface area contributed by atoms with Gasteiger partial charge in [-0.25, -0.2) is 4.98 Å². The molecule has 2 aromatic rings. The van der Waals surface area contributed by atoms with Gasteiger partial charge in [0.1, 0.15) is 0 Å². The molecule has 2 heterocycles. The molecule has 2 aromatic heterocycles. The fourth-order valence-electron chi connectivity index (χ4n) is 1.56. The highest BCUT2D eigenvalue weighted by Gasteiger charge is 2.01. The minimum Gasteiger partial charge on any atom is -0.352 e. The molecule has 0 aliphatic rings. The van der Waals surface area contributed by atoms with E-state index in [0.29, 0.717) is 0 Å². The Kier molecular flexibility index (Phi) is 3.99. The number of rotatable bonds is 6. The van der Waals surface area contributed by atoms with E-state index in [-0.39, 0.29) is 0 Å². The first-order chi connectivity index (χ1) is 7.90. The van der Waals surface area contributed by atoms with E-state index in [4.69, 9.17) is 0 Å². The van der Waals surface area contributed by atoms with Gasteiger partial charge in [-0.3, -0.25) is 0 Å². The van der Waals surface area contributed by atoms with E-state index < -0.39 is 0 Å². The van der Waals surface area contributed by atoms with Gasteiger partial charge in [-0.15, -0.1) is 0 Å². The summed E-state index contributed by atoms with van der Waals surface area (Å²) < 4.78 is 2.18. The molecule has 0 saturated carbocycles. The maximum Gasteiger partial charge on any atom is 0.203 e. The number of aromatic nitrogens is 2. The molecule has 0 bridgehead atoms. The van der Waals surface area contributed by atoms with E-state index in [1.165, 1.54) is 18.4 Å². The van der Waals surface area contributed by atoms with Crippen molar-refractivity contribution < 1.29 is 0 Å². The SMILES string of the molecule is CCCCn1ccnc1NCc1ccsc1. The second kappa shape index (κ2) is 5.70. The summed E-state index contributed by atoms with van der Waals surface area (Å²) in [6.45, 7) is 4.10. The number of thiophene rings is 1. The smallest absolute Gasteiger partial charge is 0.203 e. The summed E-state index contributed by atoms with van der Waals surface area (Å²) in [7, 11) is 0. The van der Waals surface area contributed by atoms with Crippen LogP contribution in [0.1, 0.15) is 25.3 Å². The Hall–Kier alpha value is -1.29. The molecular formula is C12H17N3S. The molecule has 0 aliphatic heterocycles. The molecule has 0 atom stereocenters. The topological polar surface area (TPSA) is 29.9 Å². The average molecular weight is 235 g/mol. The molecule has 0 aromatic carbocycles. The zero-order valence-corrected chi connectivity index (χ0v) is 10.3. The van der Waals surface area contributed by atoms with Crippen molar-refractivity contribution in [3.8, 4) is 0 Å². The third-order valence-electron chi connectivity index (χ3n) is 2.50. The lowest BCUT2D eigenvalue weighted by Gasteiger charge is -2.08. The van der Waals surface area contributed by atoms with Crippen molar-refractivity contribution >= 4 is 17.3 Å². The van der Waals surface area contributed by atoms with Crippen LogP contribution in [0.3, 0.4) is 0 Å². The third kappa shape index (κ3) is 2.85. The summed E-state index contributed by atoms with van der Waals surface area (Å²) in [5, 5.41) is 7.62. The summed E-state index contributed by atoms with van der Waals surface area (Å²) in [5.41, 5.74) is 1.31. The molecule has 0 radical (unpaired) electrons. The van der Waals surface area contributed by atoms with E-state index in [0.717, 1.165) is 19.0 Å². The first-order valence-corrected chi connectivity index (χ1v) is 6.60. The van der Waals surface area contributed by atoms with Crippen LogP contribution in [0, 0.1) is 0 Å². The maximum atomic E-state index is 4.32. The Labute approximate surface area is 100 Å². The van der Waals surface area contributed by atoms with Crippen LogP contribution < -0.4 is 5.32 Å².